The number of hydrogen-bond donors (Lipinski definition) is 0. The van der Waals surface area contributed by atoms with Gasteiger partial charge in [0.25, 0.3) is 0 Å². The molecule has 2 heterocycles. The van der Waals surface area contributed by atoms with Crippen molar-refractivity contribution < 1.29 is 9.59 Å². The van der Waals surface area contributed by atoms with Crippen LogP contribution in [0.2, 0.25) is 5.02 Å². The molecule has 0 fully saturated rings. The number of carbonyl (C=O) groups excluding carboxylic acids is 2. The summed E-state index contributed by atoms with van der Waals surface area (Å²) in [6.45, 7) is 5.07. The van der Waals surface area contributed by atoms with Crippen LogP contribution in [0, 0.1) is 13.8 Å². The zero-order valence-electron chi connectivity index (χ0n) is 17.5. The molecule has 0 atom stereocenters. The number of amides is 1. The van der Waals surface area contributed by atoms with Crippen molar-refractivity contribution in [3.8, 4) is 0 Å². The normalized spacial score (nSPS) is 10.9. The van der Waals surface area contributed by atoms with Gasteiger partial charge < -0.3 is 4.90 Å². The number of aryl methyl sites for hydroxylation is 1. The first-order valence-electron chi connectivity index (χ1n) is 9.93. The van der Waals surface area contributed by atoms with Gasteiger partial charge in [0, 0.05) is 42.7 Å². The summed E-state index contributed by atoms with van der Waals surface area (Å²) in [7, 11) is 1.80. The maximum absolute atomic E-state index is 12.6. The van der Waals surface area contributed by atoms with Crippen molar-refractivity contribution in [1.82, 2.24) is 14.7 Å². The smallest absolute Gasteiger partial charge is 0.222 e. The highest BCUT2D eigenvalue weighted by Crippen LogP contribution is 2.21. The van der Waals surface area contributed by atoms with Gasteiger partial charge >= 0.3 is 0 Å². The zero-order chi connectivity index (χ0) is 21.7. The Balaban J connectivity index is 1.57. The highest BCUT2D eigenvalue weighted by Gasteiger charge is 2.17. The number of aromatic nitrogens is 2. The first-order chi connectivity index (χ1) is 14.4. The van der Waals surface area contributed by atoms with Crippen molar-refractivity contribution in [2.45, 2.75) is 46.2 Å². The van der Waals surface area contributed by atoms with Crippen molar-refractivity contribution in [1.29, 1.82) is 0 Å². The third-order valence-electron chi connectivity index (χ3n) is 5.22. The lowest BCUT2D eigenvalue weighted by Crippen LogP contribution is -2.26. The van der Waals surface area contributed by atoms with Crippen LogP contribution in [0.4, 0.5) is 0 Å². The van der Waals surface area contributed by atoms with Gasteiger partial charge in [-0.15, -0.1) is 11.3 Å². The fraction of sp³-hybridized carbons (Fsp3) is 0.348. The molecule has 1 amide bonds. The lowest BCUT2D eigenvalue weighted by atomic mass is 10.1. The van der Waals surface area contributed by atoms with Crippen molar-refractivity contribution >= 4 is 34.6 Å². The quantitative estimate of drug-likeness (QED) is 0.423. The molecule has 1 aromatic carbocycles. The largest absolute Gasteiger partial charge is 0.341 e. The van der Waals surface area contributed by atoms with Gasteiger partial charge in [-0.3, -0.25) is 14.3 Å². The van der Waals surface area contributed by atoms with Crippen LogP contribution in [0.15, 0.2) is 41.8 Å². The lowest BCUT2D eigenvalue weighted by Gasteiger charge is -2.17. The van der Waals surface area contributed by atoms with Crippen molar-refractivity contribution in [3.05, 3.63) is 74.2 Å². The Hall–Kier alpha value is -2.44. The molecule has 0 radical (unpaired) electrons. The van der Waals surface area contributed by atoms with Gasteiger partial charge in [-0.2, -0.15) is 5.10 Å². The number of nitrogens with zero attached hydrogens (tertiary/aromatic N) is 3. The average molecular weight is 444 g/mol. The van der Waals surface area contributed by atoms with Crippen LogP contribution in [0.3, 0.4) is 0 Å². The standard InChI is InChI=1S/C23H26ClN3O2S/c1-16-19(17(2)27(25-16)14-18-8-4-5-9-20(18)24)15-26(3)23(29)12-6-10-21(28)22-11-7-13-30-22/h4-5,7-9,11,13H,6,10,12,14-15H2,1-3H3. The van der Waals surface area contributed by atoms with E-state index in [-0.39, 0.29) is 11.7 Å². The van der Waals surface area contributed by atoms with Gasteiger partial charge in [-0.25, -0.2) is 0 Å². The first kappa shape index (κ1) is 22.2. The van der Waals surface area contributed by atoms with E-state index in [1.54, 1.807) is 11.9 Å². The Morgan fingerprint density at radius 3 is 2.60 bits per heavy atom. The van der Waals surface area contributed by atoms with E-state index >= 15 is 0 Å². The SMILES string of the molecule is Cc1nn(Cc2ccccc2Cl)c(C)c1CN(C)C(=O)CCCC(=O)c1cccs1. The van der Waals surface area contributed by atoms with Gasteiger partial charge in [0.1, 0.15) is 0 Å². The molecule has 2 aromatic heterocycles. The molecular formula is C23H26ClN3O2S. The second kappa shape index (κ2) is 10.0. The molecule has 0 N–H and O–H groups in total. The fourth-order valence-corrected chi connectivity index (χ4v) is 4.27. The molecule has 30 heavy (non-hydrogen) atoms. The van der Waals surface area contributed by atoms with Crippen LogP contribution >= 0.6 is 22.9 Å². The van der Waals surface area contributed by atoms with Crippen LogP contribution in [-0.2, 0) is 17.9 Å². The molecule has 3 aromatic rings. The van der Waals surface area contributed by atoms with E-state index in [9.17, 15) is 9.59 Å². The number of halogens is 1. The number of Topliss-reactive ketones (excluding diaryl/α,β-unsaturated/α-hetero) is 1. The molecule has 0 aliphatic heterocycles. The summed E-state index contributed by atoms with van der Waals surface area (Å²) in [6, 6.07) is 11.4. The predicted molar refractivity (Wildman–Crippen MR) is 121 cm³/mol. The summed E-state index contributed by atoms with van der Waals surface area (Å²) >= 11 is 7.73. The second-order valence-corrected chi connectivity index (χ2v) is 8.76. The third kappa shape index (κ3) is 5.37. The number of ketones is 1. The minimum atomic E-state index is 0.0339. The first-order valence-corrected chi connectivity index (χ1v) is 11.2. The van der Waals surface area contributed by atoms with E-state index in [0.717, 1.165) is 32.4 Å². The maximum Gasteiger partial charge on any atom is 0.222 e. The topological polar surface area (TPSA) is 55.2 Å². The van der Waals surface area contributed by atoms with Crippen molar-refractivity contribution in [2.75, 3.05) is 7.05 Å². The number of thiophene rings is 1. The maximum atomic E-state index is 12.6. The molecule has 0 bridgehead atoms. The Kier molecular flexibility index (Phi) is 7.45. The fourth-order valence-electron chi connectivity index (χ4n) is 3.38. The Bertz CT molecular complexity index is 1030. The highest BCUT2D eigenvalue weighted by molar-refractivity contribution is 7.12. The van der Waals surface area contributed by atoms with Crippen LogP contribution in [0.25, 0.3) is 0 Å². The van der Waals surface area contributed by atoms with Gasteiger partial charge in [-0.05, 0) is 43.3 Å². The Morgan fingerprint density at radius 2 is 1.90 bits per heavy atom. The van der Waals surface area contributed by atoms with E-state index in [2.05, 4.69) is 5.10 Å². The number of carbonyl (C=O) groups is 2. The Morgan fingerprint density at radius 1 is 1.13 bits per heavy atom. The molecule has 5 nitrogen and oxygen atoms in total. The molecule has 7 heteroatoms. The summed E-state index contributed by atoms with van der Waals surface area (Å²) < 4.78 is 1.93. The Labute approximate surface area is 186 Å². The van der Waals surface area contributed by atoms with Crippen LogP contribution in [0.1, 0.15) is 51.4 Å². The summed E-state index contributed by atoms with van der Waals surface area (Å²) in [4.78, 5) is 27.1. The van der Waals surface area contributed by atoms with Crippen LogP contribution in [-0.4, -0.2) is 33.4 Å². The summed E-state index contributed by atoms with van der Waals surface area (Å²) in [5.74, 6) is 0.139. The molecule has 0 spiro atoms. The van der Waals surface area contributed by atoms with E-state index in [4.69, 9.17) is 11.6 Å². The average Bonchev–Trinajstić information content (AvgIpc) is 3.34. The van der Waals surface area contributed by atoms with Crippen LogP contribution < -0.4 is 0 Å². The molecule has 0 saturated heterocycles. The molecule has 158 valence electrons. The number of benzene rings is 1. The van der Waals surface area contributed by atoms with Crippen LogP contribution in [0.5, 0.6) is 0 Å². The van der Waals surface area contributed by atoms with E-state index in [1.807, 2.05) is 60.3 Å². The molecule has 3 rings (SSSR count). The van der Waals surface area contributed by atoms with E-state index in [1.165, 1.54) is 11.3 Å². The molecule has 0 saturated carbocycles. The van der Waals surface area contributed by atoms with Crippen molar-refractivity contribution in [2.24, 2.45) is 0 Å². The van der Waals surface area contributed by atoms with Gasteiger partial charge in [0.15, 0.2) is 5.78 Å². The zero-order valence-corrected chi connectivity index (χ0v) is 19.1. The molecule has 0 aliphatic carbocycles. The summed E-state index contributed by atoms with van der Waals surface area (Å²) in [5, 5.41) is 7.26. The molecule has 0 aliphatic rings. The molecular weight excluding hydrogens is 418 g/mol. The molecule has 0 unspecified atom stereocenters. The monoisotopic (exact) mass is 443 g/mol. The summed E-state index contributed by atoms with van der Waals surface area (Å²) in [6.07, 6.45) is 1.32. The second-order valence-electron chi connectivity index (χ2n) is 7.40. The minimum absolute atomic E-state index is 0.0339. The lowest BCUT2D eigenvalue weighted by molar-refractivity contribution is -0.130. The van der Waals surface area contributed by atoms with Gasteiger partial charge in [-0.1, -0.05) is 35.9 Å². The van der Waals surface area contributed by atoms with E-state index < -0.39 is 0 Å². The van der Waals surface area contributed by atoms with Gasteiger partial charge in [0.05, 0.1) is 17.1 Å². The van der Waals surface area contributed by atoms with Crippen molar-refractivity contribution in [3.63, 3.8) is 0 Å². The van der Waals surface area contributed by atoms with E-state index in [0.29, 0.717) is 32.4 Å². The third-order valence-corrected chi connectivity index (χ3v) is 6.50. The predicted octanol–water partition coefficient (Wildman–Crippen LogP) is 5.27. The minimum Gasteiger partial charge on any atom is -0.341 e. The number of hydrogen-bond acceptors (Lipinski definition) is 4. The van der Waals surface area contributed by atoms with Gasteiger partial charge in [0.2, 0.25) is 5.91 Å². The number of rotatable bonds is 9. The summed E-state index contributed by atoms with van der Waals surface area (Å²) in [5.41, 5.74) is 4.00. The highest BCUT2D eigenvalue weighted by atomic mass is 35.5.